The Kier molecular flexibility index (Phi) is 3.14. The molecule has 4 fully saturated rings. The van der Waals surface area contributed by atoms with Gasteiger partial charge in [-0.3, -0.25) is 9.88 Å². The lowest BCUT2D eigenvalue weighted by atomic mass is 9.75. The topological polar surface area (TPSA) is 58.6 Å². The summed E-state index contributed by atoms with van der Waals surface area (Å²) in [4.78, 5) is 25.4. The second-order valence-corrected chi connectivity index (χ2v) is 7.66. The molecule has 4 saturated heterocycles. The second kappa shape index (κ2) is 5.26. The van der Waals surface area contributed by atoms with E-state index in [0.29, 0.717) is 17.6 Å². The van der Waals surface area contributed by atoms with Crippen LogP contribution in [0.25, 0.3) is 11.3 Å². The molecule has 0 N–H and O–H groups in total. The van der Waals surface area contributed by atoms with Gasteiger partial charge >= 0.3 is 6.09 Å². The first-order chi connectivity index (χ1) is 11.7. The van der Waals surface area contributed by atoms with Gasteiger partial charge in [0.15, 0.2) is 5.13 Å². The molecule has 124 valence electrons. The summed E-state index contributed by atoms with van der Waals surface area (Å²) in [6.07, 6.45) is 5.53. The highest BCUT2D eigenvalue weighted by Crippen LogP contribution is 2.43. The fourth-order valence-corrected chi connectivity index (χ4v) is 5.02. The van der Waals surface area contributed by atoms with Gasteiger partial charge in [-0.05, 0) is 38.1 Å². The van der Waals surface area contributed by atoms with E-state index in [1.54, 1.807) is 17.3 Å². The van der Waals surface area contributed by atoms with Crippen molar-refractivity contribution in [3.63, 3.8) is 0 Å². The fraction of sp³-hybridized carbons (Fsp3) is 0.471. The molecule has 6 rings (SSSR count). The quantitative estimate of drug-likeness (QED) is 0.840. The molecule has 0 radical (unpaired) electrons. The average molecular weight is 342 g/mol. The van der Waals surface area contributed by atoms with E-state index in [1.807, 2.05) is 17.5 Å². The summed E-state index contributed by atoms with van der Waals surface area (Å²) in [7, 11) is 0. The van der Waals surface area contributed by atoms with Crippen LogP contribution < -0.4 is 4.90 Å². The van der Waals surface area contributed by atoms with Gasteiger partial charge in [-0.2, -0.15) is 0 Å². The summed E-state index contributed by atoms with van der Waals surface area (Å²) in [6, 6.07) is 3.86. The van der Waals surface area contributed by atoms with Gasteiger partial charge < -0.3 is 4.74 Å². The highest BCUT2D eigenvalue weighted by Gasteiger charge is 2.56. The summed E-state index contributed by atoms with van der Waals surface area (Å²) in [6.45, 7) is 3.74. The van der Waals surface area contributed by atoms with Crippen LogP contribution in [-0.4, -0.2) is 52.7 Å². The van der Waals surface area contributed by atoms with Gasteiger partial charge in [-0.15, -0.1) is 11.3 Å². The summed E-state index contributed by atoms with van der Waals surface area (Å²) < 4.78 is 5.91. The molecule has 1 unspecified atom stereocenters. The molecule has 1 amide bonds. The minimum absolute atomic E-state index is 0.254. The molecular formula is C17H18N4O2S. The first-order valence-corrected chi connectivity index (χ1v) is 9.20. The number of thiazole rings is 1. The number of hydrogen-bond acceptors (Lipinski definition) is 6. The highest BCUT2D eigenvalue weighted by atomic mass is 32.1. The van der Waals surface area contributed by atoms with Gasteiger partial charge in [0.1, 0.15) is 5.60 Å². The van der Waals surface area contributed by atoms with Gasteiger partial charge in [0.05, 0.1) is 12.2 Å². The monoisotopic (exact) mass is 342 g/mol. The van der Waals surface area contributed by atoms with Crippen molar-refractivity contribution in [2.24, 2.45) is 5.92 Å². The Morgan fingerprint density at radius 2 is 2.17 bits per heavy atom. The van der Waals surface area contributed by atoms with Crippen LogP contribution in [0.1, 0.15) is 12.8 Å². The van der Waals surface area contributed by atoms with Crippen LogP contribution in [0, 0.1) is 5.92 Å². The molecule has 1 atom stereocenters. The van der Waals surface area contributed by atoms with Crippen LogP contribution in [0.5, 0.6) is 0 Å². The van der Waals surface area contributed by atoms with Gasteiger partial charge in [0.25, 0.3) is 0 Å². The Morgan fingerprint density at radius 1 is 1.29 bits per heavy atom. The van der Waals surface area contributed by atoms with Crippen LogP contribution in [0.3, 0.4) is 0 Å². The number of hydrogen-bond donors (Lipinski definition) is 0. The fourth-order valence-electron chi connectivity index (χ4n) is 4.19. The van der Waals surface area contributed by atoms with Crippen molar-refractivity contribution in [3.05, 3.63) is 29.9 Å². The van der Waals surface area contributed by atoms with Gasteiger partial charge in [0, 0.05) is 35.8 Å². The minimum atomic E-state index is -0.340. The van der Waals surface area contributed by atoms with E-state index in [0.717, 1.165) is 43.7 Å². The van der Waals surface area contributed by atoms with Crippen LogP contribution in [-0.2, 0) is 4.74 Å². The minimum Gasteiger partial charge on any atom is -0.439 e. The van der Waals surface area contributed by atoms with Crippen LogP contribution in [0.4, 0.5) is 9.93 Å². The number of ether oxygens (including phenoxy) is 1. The largest absolute Gasteiger partial charge is 0.439 e. The SMILES string of the molecule is O=C1OC2(CN3CCC2CC3)CN1c1nc(-c2cccnc2)cs1. The number of carbonyl (C=O) groups excluding carboxylic acids is 1. The molecule has 0 aromatic carbocycles. The van der Waals surface area contributed by atoms with Gasteiger partial charge in [-0.1, -0.05) is 0 Å². The molecule has 1 spiro atoms. The highest BCUT2D eigenvalue weighted by molar-refractivity contribution is 7.14. The Hall–Kier alpha value is -1.99. The van der Waals surface area contributed by atoms with Crippen LogP contribution in [0.2, 0.25) is 0 Å². The number of aromatic nitrogens is 2. The summed E-state index contributed by atoms with van der Waals surface area (Å²) >= 11 is 1.49. The molecule has 4 aliphatic heterocycles. The predicted molar refractivity (Wildman–Crippen MR) is 91.1 cm³/mol. The van der Waals surface area contributed by atoms with E-state index in [1.165, 1.54) is 11.3 Å². The molecule has 6 nitrogen and oxygen atoms in total. The molecule has 7 heteroatoms. The van der Waals surface area contributed by atoms with Crippen molar-refractivity contribution in [3.8, 4) is 11.3 Å². The number of amides is 1. The third-order valence-corrected chi connectivity index (χ3v) is 6.30. The maximum atomic E-state index is 12.5. The number of fused-ring (bicyclic) bond motifs is 2. The van der Waals surface area contributed by atoms with Crippen molar-refractivity contribution < 1.29 is 9.53 Å². The van der Waals surface area contributed by atoms with E-state index < -0.39 is 0 Å². The average Bonchev–Trinajstić information content (AvgIpc) is 3.22. The second-order valence-electron chi connectivity index (χ2n) is 6.83. The van der Waals surface area contributed by atoms with Crippen molar-refractivity contribution >= 4 is 22.6 Å². The number of rotatable bonds is 2. The molecular weight excluding hydrogens is 324 g/mol. The zero-order valence-electron chi connectivity index (χ0n) is 13.2. The van der Waals surface area contributed by atoms with E-state index in [2.05, 4.69) is 14.9 Å². The molecule has 2 aromatic heterocycles. The van der Waals surface area contributed by atoms with E-state index in [9.17, 15) is 4.79 Å². The number of nitrogens with zero attached hydrogens (tertiary/aromatic N) is 4. The molecule has 6 heterocycles. The first-order valence-electron chi connectivity index (χ1n) is 8.32. The molecule has 0 aliphatic carbocycles. The number of carbonyl (C=O) groups is 1. The number of piperidine rings is 3. The van der Waals surface area contributed by atoms with Gasteiger partial charge in [-0.25, -0.2) is 14.7 Å². The smallest absolute Gasteiger partial charge is 0.416 e. The lowest BCUT2D eigenvalue weighted by Crippen LogP contribution is -2.61. The standard InChI is InChI=1S/C17H18N4O2S/c22-16-21(11-17(23-16)10-20-6-3-13(17)4-7-20)15-19-14(9-24-15)12-2-1-5-18-8-12/h1-2,5,8-9,13H,3-4,6-7,10-11H2. The number of anilines is 1. The zero-order chi connectivity index (χ0) is 16.1. The van der Waals surface area contributed by atoms with Crippen molar-refractivity contribution in [1.29, 1.82) is 0 Å². The molecule has 4 aliphatic rings. The Bertz CT molecular complexity index is 772. The molecule has 2 aromatic rings. The first kappa shape index (κ1) is 14.4. The lowest BCUT2D eigenvalue weighted by molar-refractivity contribution is -0.0881. The normalized spacial score (nSPS) is 31.7. The molecule has 24 heavy (non-hydrogen) atoms. The van der Waals surface area contributed by atoms with E-state index in [4.69, 9.17) is 4.74 Å². The predicted octanol–water partition coefficient (Wildman–Crippen LogP) is 2.63. The van der Waals surface area contributed by atoms with Gasteiger partial charge in [0.2, 0.25) is 0 Å². The maximum Gasteiger partial charge on any atom is 0.416 e. The van der Waals surface area contributed by atoms with E-state index in [-0.39, 0.29) is 11.7 Å². The molecule has 0 saturated carbocycles. The van der Waals surface area contributed by atoms with Crippen molar-refractivity contribution in [2.45, 2.75) is 18.4 Å². The van der Waals surface area contributed by atoms with Crippen LogP contribution in [0.15, 0.2) is 29.9 Å². The van der Waals surface area contributed by atoms with Crippen LogP contribution >= 0.6 is 11.3 Å². The van der Waals surface area contributed by atoms with Crippen molar-refractivity contribution in [2.75, 3.05) is 31.1 Å². The van der Waals surface area contributed by atoms with E-state index >= 15 is 0 Å². The van der Waals surface area contributed by atoms with Crippen molar-refractivity contribution in [1.82, 2.24) is 14.9 Å². The molecule has 2 bridgehead atoms. The number of pyridine rings is 1. The third kappa shape index (κ3) is 2.15. The Labute approximate surface area is 144 Å². The summed E-state index contributed by atoms with van der Waals surface area (Å²) in [5.74, 6) is 0.481. The lowest BCUT2D eigenvalue weighted by Gasteiger charge is -2.49. The zero-order valence-corrected chi connectivity index (χ0v) is 14.0. The summed E-state index contributed by atoms with van der Waals surface area (Å²) in [5, 5.41) is 2.69. The Balaban J connectivity index is 1.42. The summed E-state index contributed by atoms with van der Waals surface area (Å²) in [5.41, 5.74) is 1.48. The maximum absolute atomic E-state index is 12.5. The third-order valence-electron chi connectivity index (χ3n) is 5.44. The Morgan fingerprint density at radius 3 is 2.88 bits per heavy atom.